The summed E-state index contributed by atoms with van der Waals surface area (Å²) in [4.78, 5) is 23.1. The number of nitro groups is 1. The average Bonchev–Trinajstić information content (AvgIpc) is 2.82. The summed E-state index contributed by atoms with van der Waals surface area (Å²) in [7, 11) is 1.50. The first-order valence-electron chi connectivity index (χ1n) is 9.94. The number of carbonyl (C=O) groups is 1. The second kappa shape index (κ2) is 10.6. The summed E-state index contributed by atoms with van der Waals surface area (Å²) in [6.45, 7) is 2.05. The minimum absolute atomic E-state index is 0.00278. The van der Waals surface area contributed by atoms with E-state index < -0.39 is 10.8 Å². The van der Waals surface area contributed by atoms with Crippen molar-refractivity contribution in [1.29, 1.82) is 5.26 Å². The molecule has 0 aliphatic heterocycles. The molecular formula is C25H21N3O5. The number of ether oxygens (including phenoxy) is 2. The van der Waals surface area contributed by atoms with E-state index in [2.05, 4.69) is 5.32 Å². The topological polar surface area (TPSA) is 114 Å². The van der Waals surface area contributed by atoms with Gasteiger partial charge in [-0.15, -0.1) is 0 Å². The summed E-state index contributed by atoms with van der Waals surface area (Å²) in [6, 6.07) is 20.3. The normalized spacial score (nSPS) is 10.8. The number of amides is 1. The molecule has 0 spiro atoms. The Labute approximate surface area is 190 Å². The maximum Gasteiger partial charge on any atom is 0.269 e. The molecule has 0 saturated carbocycles. The molecule has 1 amide bonds. The molecule has 3 aromatic carbocycles. The first kappa shape index (κ1) is 23.0. The molecule has 3 aromatic rings. The van der Waals surface area contributed by atoms with Crippen LogP contribution in [-0.2, 0) is 11.4 Å². The fraction of sp³-hybridized carbons (Fsp3) is 0.120. The van der Waals surface area contributed by atoms with Gasteiger partial charge in [0.2, 0.25) is 0 Å². The van der Waals surface area contributed by atoms with Crippen molar-refractivity contribution in [3.63, 3.8) is 0 Å². The molecule has 8 nitrogen and oxygen atoms in total. The van der Waals surface area contributed by atoms with Gasteiger partial charge in [0.25, 0.3) is 11.6 Å². The minimum atomic E-state index is -0.577. The minimum Gasteiger partial charge on any atom is -0.495 e. The molecule has 0 radical (unpaired) electrons. The van der Waals surface area contributed by atoms with Gasteiger partial charge in [0.05, 0.1) is 17.7 Å². The van der Waals surface area contributed by atoms with Gasteiger partial charge in [-0.25, -0.2) is 0 Å². The third-order valence-electron chi connectivity index (χ3n) is 4.73. The lowest BCUT2D eigenvalue weighted by atomic mass is 10.1. The summed E-state index contributed by atoms with van der Waals surface area (Å²) < 4.78 is 11.1. The molecule has 0 fully saturated rings. The lowest BCUT2D eigenvalue weighted by Crippen LogP contribution is -2.14. The van der Waals surface area contributed by atoms with E-state index in [-0.39, 0.29) is 17.9 Å². The Balaban J connectivity index is 1.79. The number of nitrogens with one attached hydrogen (secondary N) is 1. The number of methoxy groups -OCH3 is 1. The predicted molar refractivity (Wildman–Crippen MR) is 124 cm³/mol. The fourth-order valence-corrected chi connectivity index (χ4v) is 3.02. The fourth-order valence-electron chi connectivity index (χ4n) is 3.02. The number of nitrogens with zero attached hydrogens (tertiary/aromatic N) is 2. The quantitative estimate of drug-likeness (QED) is 0.226. The SMILES string of the molecule is COc1ccc(C)cc1NC(=O)/C(C#N)=C/c1ccccc1OCc1ccc([N+](=O)[O-])cc1. The molecule has 0 aliphatic rings. The van der Waals surface area contributed by atoms with E-state index in [9.17, 15) is 20.2 Å². The maximum atomic E-state index is 12.8. The molecule has 3 rings (SSSR count). The Morgan fingerprint density at radius 1 is 1.12 bits per heavy atom. The summed E-state index contributed by atoms with van der Waals surface area (Å²) in [5, 5.41) is 23.1. The van der Waals surface area contributed by atoms with Gasteiger partial charge < -0.3 is 14.8 Å². The summed E-state index contributed by atoms with van der Waals surface area (Å²) >= 11 is 0. The van der Waals surface area contributed by atoms with Crippen LogP contribution < -0.4 is 14.8 Å². The molecule has 8 heteroatoms. The van der Waals surface area contributed by atoms with Crippen molar-refractivity contribution >= 4 is 23.4 Å². The van der Waals surface area contributed by atoms with E-state index in [1.165, 1.54) is 25.3 Å². The van der Waals surface area contributed by atoms with Crippen molar-refractivity contribution in [2.24, 2.45) is 0 Å². The zero-order chi connectivity index (χ0) is 23.8. The van der Waals surface area contributed by atoms with Crippen LogP contribution in [0.25, 0.3) is 6.08 Å². The Hall–Kier alpha value is -4.64. The number of hydrogen-bond acceptors (Lipinski definition) is 6. The van der Waals surface area contributed by atoms with Crippen LogP contribution in [0.4, 0.5) is 11.4 Å². The first-order valence-corrected chi connectivity index (χ1v) is 9.94. The van der Waals surface area contributed by atoms with Crippen LogP contribution >= 0.6 is 0 Å². The van der Waals surface area contributed by atoms with E-state index in [4.69, 9.17) is 9.47 Å². The van der Waals surface area contributed by atoms with Gasteiger partial charge in [-0.05, 0) is 54.5 Å². The predicted octanol–water partition coefficient (Wildman–Crippen LogP) is 5.04. The van der Waals surface area contributed by atoms with Gasteiger partial charge >= 0.3 is 0 Å². The first-order chi connectivity index (χ1) is 15.9. The van der Waals surface area contributed by atoms with Crippen molar-refractivity contribution in [1.82, 2.24) is 0 Å². The number of aryl methyl sites for hydroxylation is 1. The van der Waals surface area contributed by atoms with E-state index in [1.54, 1.807) is 48.5 Å². The van der Waals surface area contributed by atoms with Gasteiger partial charge in [-0.3, -0.25) is 14.9 Å². The zero-order valence-corrected chi connectivity index (χ0v) is 18.1. The summed E-state index contributed by atoms with van der Waals surface area (Å²) in [5.74, 6) is 0.370. The highest BCUT2D eigenvalue weighted by Crippen LogP contribution is 2.27. The van der Waals surface area contributed by atoms with Crippen LogP contribution in [0, 0.1) is 28.4 Å². The van der Waals surface area contributed by atoms with E-state index >= 15 is 0 Å². The number of rotatable bonds is 8. The largest absolute Gasteiger partial charge is 0.495 e. The van der Waals surface area contributed by atoms with Gasteiger partial charge in [-0.1, -0.05) is 24.3 Å². The summed E-state index contributed by atoms with van der Waals surface area (Å²) in [5.41, 5.74) is 2.57. The van der Waals surface area contributed by atoms with Gasteiger partial charge in [0.15, 0.2) is 0 Å². The molecule has 0 aromatic heterocycles. The highest BCUT2D eigenvalue weighted by atomic mass is 16.6. The highest BCUT2D eigenvalue weighted by Gasteiger charge is 2.14. The van der Waals surface area contributed by atoms with Gasteiger partial charge in [-0.2, -0.15) is 5.26 Å². The molecule has 166 valence electrons. The number of nitro benzene ring substituents is 1. The second-order valence-corrected chi connectivity index (χ2v) is 7.08. The third kappa shape index (κ3) is 5.95. The lowest BCUT2D eigenvalue weighted by molar-refractivity contribution is -0.384. The molecular weight excluding hydrogens is 422 g/mol. The van der Waals surface area contributed by atoms with E-state index in [0.29, 0.717) is 22.7 Å². The average molecular weight is 443 g/mol. The standard InChI is InChI=1S/C25H21N3O5/c1-17-7-12-24(32-2)22(13-17)27-25(29)20(15-26)14-19-5-3-4-6-23(19)33-16-18-8-10-21(11-9-18)28(30)31/h3-14H,16H2,1-2H3,(H,27,29)/b20-14+. The number of anilines is 1. The Morgan fingerprint density at radius 2 is 1.85 bits per heavy atom. The van der Waals surface area contributed by atoms with Gasteiger partial charge in [0.1, 0.15) is 29.7 Å². The number of carbonyl (C=O) groups excluding carboxylic acids is 1. The Kier molecular flexibility index (Phi) is 7.39. The van der Waals surface area contributed by atoms with Crippen LogP contribution in [0.1, 0.15) is 16.7 Å². The molecule has 0 bridgehead atoms. The lowest BCUT2D eigenvalue weighted by Gasteiger charge is -2.12. The molecule has 0 unspecified atom stereocenters. The van der Waals surface area contributed by atoms with Crippen molar-refractivity contribution in [3.8, 4) is 17.6 Å². The molecule has 0 atom stereocenters. The van der Waals surface area contributed by atoms with Crippen LogP contribution in [0.3, 0.4) is 0 Å². The van der Waals surface area contributed by atoms with Crippen LogP contribution in [0.15, 0.2) is 72.3 Å². The number of hydrogen-bond donors (Lipinski definition) is 1. The number of para-hydroxylation sites is 1. The smallest absolute Gasteiger partial charge is 0.269 e. The van der Waals surface area contributed by atoms with Crippen LogP contribution in [0.5, 0.6) is 11.5 Å². The number of nitriles is 1. The number of non-ortho nitro benzene ring substituents is 1. The monoisotopic (exact) mass is 443 g/mol. The van der Waals surface area contributed by atoms with Gasteiger partial charge in [0, 0.05) is 17.7 Å². The van der Waals surface area contributed by atoms with Crippen molar-refractivity contribution in [3.05, 3.63) is 99.1 Å². The van der Waals surface area contributed by atoms with E-state index in [1.807, 2.05) is 19.1 Å². The number of benzene rings is 3. The zero-order valence-electron chi connectivity index (χ0n) is 18.1. The second-order valence-electron chi connectivity index (χ2n) is 7.08. The van der Waals surface area contributed by atoms with Crippen molar-refractivity contribution < 1.29 is 19.2 Å². The van der Waals surface area contributed by atoms with E-state index in [0.717, 1.165) is 11.1 Å². The molecule has 1 N–H and O–H groups in total. The van der Waals surface area contributed by atoms with Crippen molar-refractivity contribution in [2.75, 3.05) is 12.4 Å². The highest BCUT2D eigenvalue weighted by molar-refractivity contribution is 6.10. The Morgan fingerprint density at radius 3 is 2.52 bits per heavy atom. The van der Waals surface area contributed by atoms with Crippen LogP contribution in [0.2, 0.25) is 0 Å². The molecule has 0 saturated heterocycles. The van der Waals surface area contributed by atoms with Crippen LogP contribution in [-0.4, -0.2) is 17.9 Å². The maximum absolute atomic E-state index is 12.8. The summed E-state index contributed by atoms with van der Waals surface area (Å²) in [6.07, 6.45) is 1.45. The molecule has 0 heterocycles. The third-order valence-corrected chi connectivity index (χ3v) is 4.73. The molecule has 0 aliphatic carbocycles. The molecule has 33 heavy (non-hydrogen) atoms. The Bertz CT molecular complexity index is 1240. The van der Waals surface area contributed by atoms with Crippen molar-refractivity contribution in [2.45, 2.75) is 13.5 Å².